The van der Waals surface area contributed by atoms with Crippen LogP contribution in [-0.2, 0) is 5.60 Å². The van der Waals surface area contributed by atoms with Gasteiger partial charge in [0.15, 0.2) is 5.96 Å². The lowest BCUT2D eigenvalue weighted by atomic mass is 10.00. The quantitative estimate of drug-likeness (QED) is 0.319. The van der Waals surface area contributed by atoms with Crippen LogP contribution in [0, 0.1) is 0 Å². The van der Waals surface area contributed by atoms with E-state index in [-0.39, 0.29) is 24.0 Å². The average Bonchev–Trinajstić information content (AvgIpc) is 2.99. The van der Waals surface area contributed by atoms with Crippen LogP contribution >= 0.6 is 35.3 Å². The van der Waals surface area contributed by atoms with Crippen LogP contribution in [0.25, 0.3) is 0 Å². The smallest absolute Gasteiger partial charge is 0.191 e. The second-order valence-corrected chi connectivity index (χ2v) is 7.44. The molecule has 0 spiro atoms. The molecule has 0 bridgehead atoms. The first-order valence-corrected chi connectivity index (χ1v) is 10.1. The maximum Gasteiger partial charge on any atom is 0.191 e. The van der Waals surface area contributed by atoms with Crippen LogP contribution < -0.4 is 10.6 Å². The van der Waals surface area contributed by atoms with E-state index in [1.165, 1.54) is 38.8 Å². The second kappa shape index (κ2) is 12.1. The van der Waals surface area contributed by atoms with E-state index in [4.69, 9.17) is 0 Å². The van der Waals surface area contributed by atoms with Gasteiger partial charge in [-0.2, -0.15) is 11.3 Å². The zero-order valence-electron chi connectivity index (χ0n) is 15.5. The van der Waals surface area contributed by atoms with E-state index in [1.807, 2.05) is 23.8 Å². The minimum Gasteiger partial charge on any atom is -0.383 e. The summed E-state index contributed by atoms with van der Waals surface area (Å²) in [6.07, 6.45) is 5.37. The van der Waals surface area contributed by atoms with Crippen molar-refractivity contribution in [3.05, 3.63) is 22.4 Å². The summed E-state index contributed by atoms with van der Waals surface area (Å²) in [6.45, 7) is 9.39. The van der Waals surface area contributed by atoms with E-state index < -0.39 is 5.60 Å². The zero-order chi connectivity index (χ0) is 17.3. The zero-order valence-corrected chi connectivity index (χ0v) is 18.6. The normalized spacial score (nSPS) is 18.8. The van der Waals surface area contributed by atoms with Crippen LogP contribution in [0.4, 0.5) is 0 Å². The Bertz CT molecular complexity index is 485. The van der Waals surface area contributed by atoms with E-state index >= 15 is 0 Å². The third-order valence-corrected chi connectivity index (χ3v) is 5.13. The fourth-order valence-corrected chi connectivity index (χ4v) is 3.71. The highest BCUT2D eigenvalue weighted by Crippen LogP contribution is 2.23. The minimum atomic E-state index is -0.923. The Kier molecular flexibility index (Phi) is 11.0. The largest absolute Gasteiger partial charge is 0.383 e. The maximum atomic E-state index is 10.6. The molecule has 0 aliphatic carbocycles. The molecule has 5 nitrogen and oxygen atoms in total. The van der Waals surface area contributed by atoms with Gasteiger partial charge >= 0.3 is 0 Å². The minimum absolute atomic E-state index is 0. The van der Waals surface area contributed by atoms with E-state index in [2.05, 4.69) is 27.4 Å². The first-order chi connectivity index (χ1) is 11.6. The first-order valence-electron chi connectivity index (χ1n) is 9.11. The van der Waals surface area contributed by atoms with E-state index in [0.29, 0.717) is 6.54 Å². The van der Waals surface area contributed by atoms with Gasteiger partial charge in [-0.25, -0.2) is 4.99 Å². The number of nitrogens with zero attached hydrogens (tertiary/aromatic N) is 2. The Hall–Kier alpha value is -0.380. The molecule has 1 atom stereocenters. The van der Waals surface area contributed by atoms with Crippen molar-refractivity contribution in [1.29, 1.82) is 0 Å². The molecule has 0 saturated carbocycles. The maximum absolute atomic E-state index is 10.6. The molecule has 1 aliphatic rings. The molecule has 1 aromatic heterocycles. The van der Waals surface area contributed by atoms with Crippen molar-refractivity contribution in [1.82, 2.24) is 15.5 Å². The summed E-state index contributed by atoms with van der Waals surface area (Å²) in [5.74, 6) is 0.780. The summed E-state index contributed by atoms with van der Waals surface area (Å²) in [4.78, 5) is 7.11. The number of thiophene rings is 1. The molecule has 1 aromatic rings. The van der Waals surface area contributed by atoms with Gasteiger partial charge in [0, 0.05) is 19.6 Å². The molecule has 7 heteroatoms. The number of nitrogens with one attached hydrogen (secondary N) is 2. The SMILES string of the molecule is CCNC(=NCC(C)(O)c1ccsc1)NCCN1CCCCCC1.I. The highest BCUT2D eigenvalue weighted by molar-refractivity contribution is 14.0. The van der Waals surface area contributed by atoms with Crippen LogP contribution in [-0.4, -0.2) is 55.2 Å². The Labute approximate surface area is 173 Å². The second-order valence-electron chi connectivity index (χ2n) is 6.66. The lowest BCUT2D eigenvalue weighted by Gasteiger charge is -2.22. The first kappa shape index (κ1) is 22.7. The number of hydrogen-bond donors (Lipinski definition) is 3. The van der Waals surface area contributed by atoms with Gasteiger partial charge in [0.05, 0.1) is 6.54 Å². The van der Waals surface area contributed by atoms with E-state index in [9.17, 15) is 5.11 Å². The van der Waals surface area contributed by atoms with E-state index in [1.54, 1.807) is 11.3 Å². The number of aliphatic imine (C=N–C) groups is 1. The van der Waals surface area contributed by atoms with Gasteiger partial charge in [-0.1, -0.05) is 12.8 Å². The Morgan fingerprint density at radius 1 is 1.28 bits per heavy atom. The van der Waals surface area contributed by atoms with Crippen molar-refractivity contribution in [2.45, 2.75) is 45.1 Å². The summed E-state index contributed by atoms with van der Waals surface area (Å²) in [6, 6.07) is 1.96. The molecular formula is C18H33IN4OS. The highest BCUT2D eigenvalue weighted by Gasteiger charge is 2.23. The molecule has 0 amide bonds. The predicted octanol–water partition coefficient (Wildman–Crippen LogP) is 3.00. The molecule has 1 fully saturated rings. The van der Waals surface area contributed by atoms with Crippen LogP contribution in [0.3, 0.4) is 0 Å². The van der Waals surface area contributed by atoms with Crippen molar-refractivity contribution in [3.8, 4) is 0 Å². The van der Waals surface area contributed by atoms with Crippen molar-refractivity contribution in [2.75, 3.05) is 39.3 Å². The van der Waals surface area contributed by atoms with Crippen molar-refractivity contribution in [2.24, 2.45) is 4.99 Å². The molecule has 1 saturated heterocycles. The van der Waals surface area contributed by atoms with Gasteiger partial charge in [-0.15, -0.1) is 24.0 Å². The molecule has 1 aliphatic heterocycles. The molecule has 2 rings (SSSR count). The fourth-order valence-electron chi connectivity index (χ4n) is 2.93. The van der Waals surface area contributed by atoms with E-state index in [0.717, 1.165) is 31.2 Å². The van der Waals surface area contributed by atoms with Gasteiger partial charge in [0.2, 0.25) is 0 Å². The monoisotopic (exact) mass is 480 g/mol. The van der Waals surface area contributed by atoms with Crippen molar-refractivity contribution < 1.29 is 5.11 Å². The standard InChI is InChI=1S/C18H32N4OS.HI/c1-3-19-17(20-9-12-22-10-6-4-5-7-11-22)21-15-18(2,23)16-8-13-24-14-16;/h8,13-14,23H,3-7,9-12,15H2,1-2H3,(H2,19,20,21);1H. The highest BCUT2D eigenvalue weighted by atomic mass is 127. The third kappa shape index (κ3) is 8.23. The lowest BCUT2D eigenvalue weighted by molar-refractivity contribution is 0.0677. The summed E-state index contributed by atoms with van der Waals surface area (Å²) in [5.41, 5.74) is 0.00399. The summed E-state index contributed by atoms with van der Waals surface area (Å²) in [5, 5.41) is 21.2. The van der Waals surface area contributed by atoms with Gasteiger partial charge in [-0.3, -0.25) is 0 Å². The Morgan fingerprint density at radius 2 is 2.00 bits per heavy atom. The van der Waals surface area contributed by atoms with Crippen LogP contribution in [0.1, 0.15) is 45.1 Å². The summed E-state index contributed by atoms with van der Waals surface area (Å²) < 4.78 is 0. The summed E-state index contributed by atoms with van der Waals surface area (Å²) >= 11 is 1.60. The van der Waals surface area contributed by atoms with Crippen LogP contribution in [0.2, 0.25) is 0 Å². The number of guanidine groups is 1. The fraction of sp³-hybridized carbons (Fsp3) is 0.722. The van der Waals surface area contributed by atoms with Gasteiger partial charge in [0.1, 0.15) is 5.60 Å². The number of aliphatic hydroxyl groups is 1. The molecule has 1 unspecified atom stereocenters. The number of hydrogen-bond acceptors (Lipinski definition) is 4. The predicted molar refractivity (Wildman–Crippen MR) is 118 cm³/mol. The topological polar surface area (TPSA) is 59.9 Å². The molecule has 0 aromatic carbocycles. The number of halogens is 1. The van der Waals surface area contributed by atoms with Gasteiger partial charge in [0.25, 0.3) is 0 Å². The molecule has 144 valence electrons. The van der Waals surface area contributed by atoms with Crippen LogP contribution in [0.5, 0.6) is 0 Å². The van der Waals surface area contributed by atoms with Gasteiger partial charge in [-0.05, 0) is 62.2 Å². The summed E-state index contributed by atoms with van der Waals surface area (Å²) in [7, 11) is 0. The lowest BCUT2D eigenvalue weighted by Crippen LogP contribution is -2.42. The molecule has 2 heterocycles. The number of likely N-dealkylation sites (tertiary alicyclic amines) is 1. The average molecular weight is 480 g/mol. The Morgan fingerprint density at radius 3 is 2.60 bits per heavy atom. The molecule has 0 radical (unpaired) electrons. The third-order valence-electron chi connectivity index (χ3n) is 4.45. The van der Waals surface area contributed by atoms with Crippen molar-refractivity contribution in [3.63, 3.8) is 0 Å². The molecule has 3 N–H and O–H groups in total. The van der Waals surface area contributed by atoms with Gasteiger partial charge < -0.3 is 20.6 Å². The Balaban J connectivity index is 0.00000312. The molecule has 25 heavy (non-hydrogen) atoms. The molecular weight excluding hydrogens is 447 g/mol. The van der Waals surface area contributed by atoms with Crippen molar-refractivity contribution >= 4 is 41.3 Å². The number of rotatable bonds is 7. The van der Waals surface area contributed by atoms with Crippen LogP contribution in [0.15, 0.2) is 21.8 Å².